The minimum Gasteiger partial charge on any atom is -0.327 e. The summed E-state index contributed by atoms with van der Waals surface area (Å²) < 4.78 is 1.54. The first kappa shape index (κ1) is 12.7. The van der Waals surface area contributed by atoms with E-state index in [1.165, 1.54) is 6.42 Å². The Hall–Kier alpha value is -0.750. The van der Waals surface area contributed by atoms with Gasteiger partial charge in [0.15, 0.2) is 5.16 Å². The molecule has 1 heterocycles. The average molecular weight is 256 g/mol. The first-order valence-electron chi connectivity index (χ1n) is 5.93. The number of hydrogen-bond acceptors (Lipinski definition) is 4. The molecule has 96 valence electrons. The molecule has 2 rings (SSSR count). The average Bonchev–Trinajstić information content (AvgIpc) is 2.55. The van der Waals surface area contributed by atoms with Crippen LogP contribution in [0.25, 0.3) is 0 Å². The van der Waals surface area contributed by atoms with Crippen molar-refractivity contribution in [3.8, 4) is 0 Å². The fraction of sp³-hybridized carbons (Fsp3) is 0.818. The Bertz CT molecular complexity index is 451. The molecule has 6 heteroatoms. The zero-order valence-electron chi connectivity index (χ0n) is 10.6. The molecule has 0 radical (unpaired) electrons. The molecule has 1 aromatic heterocycles. The highest BCUT2D eigenvalue weighted by atomic mass is 32.2. The normalized spacial score (nSPS) is 28.2. The van der Waals surface area contributed by atoms with Gasteiger partial charge in [0.2, 0.25) is 0 Å². The van der Waals surface area contributed by atoms with Crippen LogP contribution in [0.5, 0.6) is 0 Å². The summed E-state index contributed by atoms with van der Waals surface area (Å²) in [5, 5.41) is 7.55. The van der Waals surface area contributed by atoms with Crippen LogP contribution in [0.2, 0.25) is 0 Å². The number of rotatable bonds is 2. The van der Waals surface area contributed by atoms with E-state index in [2.05, 4.69) is 24.0 Å². The van der Waals surface area contributed by atoms with E-state index >= 15 is 0 Å². The van der Waals surface area contributed by atoms with Crippen LogP contribution in [0.1, 0.15) is 33.1 Å². The summed E-state index contributed by atoms with van der Waals surface area (Å²) in [6, 6.07) is 0.194. The second-order valence-electron chi connectivity index (χ2n) is 5.60. The summed E-state index contributed by atoms with van der Waals surface area (Å²) in [6.07, 6.45) is 3.29. The predicted molar refractivity (Wildman–Crippen MR) is 69.1 cm³/mol. The van der Waals surface area contributed by atoms with Gasteiger partial charge in [0.1, 0.15) is 0 Å². The quantitative estimate of drug-likeness (QED) is 0.831. The lowest BCUT2D eigenvalue weighted by molar-refractivity contribution is 0.232. The maximum Gasteiger partial charge on any atom is 0.343 e. The number of nitrogens with one attached hydrogen (secondary N) is 1. The van der Waals surface area contributed by atoms with E-state index in [1.807, 2.05) is 0 Å². The molecule has 0 spiro atoms. The molecule has 1 saturated carbocycles. The third kappa shape index (κ3) is 2.74. The van der Waals surface area contributed by atoms with Crippen molar-refractivity contribution in [2.24, 2.45) is 18.2 Å². The van der Waals surface area contributed by atoms with E-state index in [-0.39, 0.29) is 11.7 Å². The largest absolute Gasteiger partial charge is 0.343 e. The molecule has 17 heavy (non-hydrogen) atoms. The highest BCUT2D eigenvalue weighted by molar-refractivity contribution is 7.99. The van der Waals surface area contributed by atoms with Crippen molar-refractivity contribution in [2.45, 2.75) is 49.6 Å². The van der Waals surface area contributed by atoms with Gasteiger partial charge in [0, 0.05) is 18.3 Å². The Morgan fingerprint density at radius 1 is 1.59 bits per heavy atom. The molecule has 3 N–H and O–H groups in total. The van der Waals surface area contributed by atoms with E-state index in [0.717, 1.165) is 18.0 Å². The van der Waals surface area contributed by atoms with Crippen molar-refractivity contribution >= 4 is 11.8 Å². The summed E-state index contributed by atoms with van der Waals surface area (Å²) in [6.45, 7) is 4.55. The summed E-state index contributed by atoms with van der Waals surface area (Å²) in [7, 11) is 1.73. The van der Waals surface area contributed by atoms with Gasteiger partial charge in [0.25, 0.3) is 0 Å². The standard InChI is InChI=1S/C11H20N4OS/c1-11(2)5-4-7(12)8(6-11)17-10-14-13-9(16)15(10)3/h7-8H,4-6,12H2,1-3H3,(H,13,16). The van der Waals surface area contributed by atoms with Crippen LogP contribution in [-0.2, 0) is 7.05 Å². The van der Waals surface area contributed by atoms with Gasteiger partial charge >= 0.3 is 5.69 Å². The first-order chi connectivity index (χ1) is 7.89. The van der Waals surface area contributed by atoms with E-state index in [9.17, 15) is 4.79 Å². The molecule has 2 unspecified atom stereocenters. The molecular weight excluding hydrogens is 236 g/mol. The molecule has 1 aliphatic carbocycles. The number of nitrogens with two attached hydrogens (primary N) is 1. The SMILES string of the molecule is Cn1c(SC2CC(C)(C)CCC2N)n[nH]c1=O. The topological polar surface area (TPSA) is 76.7 Å². The minimum atomic E-state index is -0.170. The Labute approximate surface area is 105 Å². The van der Waals surface area contributed by atoms with Gasteiger partial charge in [-0.3, -0.25) is 4.57 Å². The minimum absolute atomic E-state index is 0.170. The van der Waals surface area contributed by atoms with Crippen LogP contribution < -0.4 is 11.4 Å². The zero-order valence-corrected chi connectivity index (χ0v) is 11.4. The number of thioether (sulfide) groups is 1. The van der Waals surface area contributed by atoms with Crippen molar-refractivity contribution in [1.29, 1.82) is 0 Å². The Kier molecular flexibility index (Phi) is 3.36. The predicted octanol–water partition coefficient (Wildman–Crippen LogP) is 1.11. The van der Waals surface area contributed by atoms with Gasteiger partial charge in [0.05, 0.1) is 0 Å². The van der Waals surface area contributed by atoms with E-state index < -0.39 is 0 Å². The third-order valence-corrected chi connectivity index (χ3v) is 4.88. The number of aromatic nitrogens is 3. The van der Waals surface area contributed by atoms with Crippen molar-refractivity contribution in [2.75, 3.05) is 0 Å². The molecule has 2 atom stereocenters. The molecular formula is C11H20N4OS. The van der Waals surface area contributed by atoms with Crippen LogP contribution in [-0.4, -0.2) is 26.1 Å². The summed E-state index contributed by atoms with van der Waals surface area (Å²) >= 11 is 1.62. The molecule has 0 saturated heterocycles. The van der Waals surface area contributed by atoms with Crippen LogP contribution in [0.3, 0.4) is 0 Å². The van der Waals surface area contributed by atoms with E-state index in [0.29, 0.717) is 10.7 Å². The monoisotopic (exact) mass is 256 g/mol. The van der Waals surface area contributed by atoms with Gasteiger partial charge in [-0.05, 0) is 24.7 Å². The number of aromatic amines is 1. The van der Waals surface area contributed by atoms with Crippen LogP contribution in [0.15, 0.2) is 9.95 Å². The summed E-state index contributed by atoms with van der Waals surface area (Å²) in [4.78, 5) is 11.3. The van der Waals surface area contributed by atoms with E-state index in [4.69, 9.17) is 5.73 Å². The lowest BCUT2D eigenvalue weighted by Gasteiger charge is -2.38. The van der Waals surface area contributed by atoms with Gasteiger partial charge in [-0.25, -0.2) is 9.89 Å². The Balaban J connectivity index is 2.12. The summed E-state index contributed by atoms with van der Waals surface area (Å²) in [5.74, 6) is 0. The van der Waals surface area contributed by atoms with Gasteiger partial charge in [-0.15, -0.1) is 5.10 Å². The Morgan fingerprint density at radius 3 is 2.88 bits per heavy atom. The number of H-pyrrole nitrogens is 1. The van der Waals surface area contributed by atoms with Crippen LogP contribution in [0, 0.1) is 5.41 Å². The van der Waals surface area contributed by atoms with Crippen LogP contribution in [0.4, 0.5) is 0 Å². The molecule has 0 amide bonds. The van der Waals surface area contributed by atoms with Crippen molar-refractivity contribution < 1.29 is 0 Å². The molecule has 0 aliphatic heterocycles. The third-order valence-electron chi connectivity index (χ3n) is 3.48. The smallest absolute Gasteiger partial charge is 0.327 e. The zero-order chi connectivity index (χ0) is 12.6. The highest BCUT2D eigenvalue weighted by Gasteiger charge is 2.34. The lowest BCUT2D eigenvalue weighted by atomic mass is 9.75. The van der Waals surface area contributed by atoms with Crippen molar-refractivity contribution in [1.82, 2.24) is 14.8 Å². The molecule has 5 nitrogen and oxygen atoms in total. The Morgan fingerprint density at radius 2 is 2.29 bits per heavy atom. The first-order valence-corrected chi connectivity index (χ1v) is 6.81. The van der Waals surface area contributed by atoms with Crippen LogP contribution >= 0.6 is 11.8 Å². The van der Waals surface area contributed by atoms with Gasteiger partial charge in [-0.2, -0.15) is 0 Å². The maximum atomic E-state index is 11.3. The highest BCUT2D eigenvalue weighted by Crippen LogP contribution is 2.41. The van der Waals surface area contributed by atoms with E-state index in [1.54, 1.807) is 23.4 Å². The second-order valence-corrected chi connectivity index (χ2v) is 6.80. The fourth-order valence-electron chi connectivity index (χ4n) is 2.24. The molecule has 1 fully saturated rings. The van der Waals surface area contributed by atoms with Crippen molar-refractivity contribution in [3.05, 3.63) is 10.5 Å². The maximum absolute atomic E-state index is 11.3. The molecule has 1 aliphatic rings. The van der Waals surface area contributed by atoms with Gasteiger partial charge < -0.3 is 5.73 Å². The van der Waals surface area contributed by atoms with Gasteiger partial charge in [-0.1, -0.05) is 25.6 Å². The lowest BCUT2D eigenvalue weighted by Crippen LogP contribution is -2.41. The number of hydrogen-bond donors (Lipinski definition) is 2. The second kappa shape index (κ2) is 4.49. The number of nitrogens with zero attached hydrogens (tertiary/aromatic N) is 2. The molecule has 0 bridgehead atoms. The molecule has 0 aromatic carbocycles. The van der Waals surface area contributed by atoms with Crippen molar-refractivity contribution in [3.63, 3.8) is 0 Å². The molecule has 1 aromatic rings. The summed E-state index contributed by atoms with van der Waals surface area (Å²) in [5.41, 5.74) is 6.32. The fourth-order valence-corrected chi connectivity index (χ4v) is 3.70.